The van der Waals surface area contributed by atoms with Crippen LogP contribution in [-0.2, 0) is 54.4 Å². The van der Waals surface area contributed by atoms with E-state index >= 15 is 0 Å². The second-order valence-electron chi connectivity index (χ2n) is 2.67. The van der Waals surface area contributed by atoms with E-state index in [9.17, 15) is 26.3 Å². The molecule has 0 fully saturated rings. The summed E-state index contributed by atoms with van der Waals surface area (Å²) in [6.45, 7) is 0. The Balaban J connectivity index is -0.000000121. The molecule has 16 heteroatoms. The molecule has 1 aromatic rings. The second kappa shape index (κ2) is 11.8. The van der Waals surface area contributed by atoms with Gasteiger partial charge in [0, 0.05) is 0 Å². The summed E-state index contributed by atoms with van der Waals surface area (Å²) in [6.07, 6.45) is 0. The van der Waals surface area contributed by atoms with Gasteiger partial charge in [0.15, 0.2) is 20.2 Å². The van der Waals surface area contributed by atoms with Gasteiger partial charge in [-0.1, -0.05) is 12.1 Å². The van der Waals surface area contributed by atoms with Crippen LogP contribution in [0.1, 0.15) is 0 Å². The predicted molar refractivity (Wildman–Crippen MR) is 53.3 cm³/mol. The summed E-state index contributed by atoms with van der Waals surface area (Å²) in [5.74, 6) is 0. The molecule has 1 rings (SSSR count). The summed E-state index contributed by atoms with van der Waals surface area (Å²) in [5, 5.41) is 0. The summed E-state index contributed by atoms with van der Waals surface area (Å²) in [5.41, 5.74) is -11.3. The van der Waals surface area contributed by atoms with E-state index in [4.69, 9.17) is 25.9 Å². The van der Waals surface area contributed by atoms with E-state index in [0.717, 1.165) is 0 Å². The van der Waals surface area contributed by atoms with Crippen molar-refractivity contribution in [1.29, 1.82) is 0 Å². The SMILES string of the molecule is O=S(=O)([O-])C(F)(F)F.O=S(=O)([O-])C(F)(F)F.[Cu+].[Cu+].c1c#cccc#1. The molecule has 0 saturated heterocycles. The Kier molecular flexibility index (Phi) is 15.3. The molecule has 0 aliphatic rings. The maximum absolute atomic E-state index is 10.7. The third-order valence-corrected chi connectivity index (χ3v) is 2.16. The first-order valence-corrected chi connectivity index (χ1v) is 7.02. The molecule has 0 heterocycles. The Morgan fingerprint density at radius 2 is 0.833 bits per heavy atom. The molecule has 1 aromatic carbocycles. The van der Waals surface area contributed by atoms with Crippen LogP contribution >= 0.6 is 0 Å². The summed E-state index contributed by atoms with van der Waals surface area (Å²) >= 11 is 0. The van der Waals surface area contributed by atoms with Gasteiger partial charge in [0.05, 0.1) is 0 Å². The molecule has 0 amide bonds. The molecule has 146 valence electrons. The fourth-order valence-corrected chi connectivity index (χ4v) is 0.239. The normalized spacial score (nSPS) is 10.7. The average Bonchev–Trinajstić information content (AvgIpc) is 2.27. The number of halogens is 6. The van der Waals surface area contributed by atoms with Gasteiger partial charge in [-0.2, -0.15) is 26.3 Å². The zero-order chi connectivity index (χ0) is 18.2. The van der Waals surface area contributed by atoms with Crippen LogP contribution in [0.3, 0.4) is 0 Å². The Morgan fingerprint density at radius 1 is 0.667 bits per heavy atom. The zero-order valence-corrected chi connectivity index (χ0v) is 13.8. The van der Waals surface area contributed by atoms with Crippen molar-refractivity contribution in [3.8, 4) is 0 Å². The smallest absolute Gasteiger partial charge is 0.741 e. The summed E-state index contributed by atoms with van der Waals surface area (Å²) in [4.78, 5) is 0. The van der Waals surface area contributed by atoms with Gasteiger partial charge in [-0.25, -0.2) is 16.8 Å². The Hall–Kier alpha value is -0.701. The van der Waals surface area contributed by atoms with Crippen LogP contribution in [0, 0.1) is 24.3 Å². The van der Waals surface area contributed by atoms with Crippen LogP contribution in [0.2, 0.25) is 0 Å². The van der Waals surface area contributed by atoms with E-state index in [1.54, 1.807) is 12.1 Å². The molecule has 24 heavy (non-hydrogen) atoms. The molecule has 6 nitrogen and oxygen atoms in total. The van der Waals surface area contributed by atoms with Crippen LogP contribution < -0.4 is 0 Å². The molecule has 0 atom stereocenters. The Bertz CT molecular complexity index is 561. The number of hydrogen-bond donors (Lipinski definition) is 0. The first kappa shape index (κ1) is 31.1. The standard InChI is InChI=1S/C6H2.2CHF3O3S.2Cu/c1-2-4-6-5-3-1;2*2-1(3,4)8(5,6)7;;/h1-2H;2*(H,5,6,7);;/q;;;2*+1/p-2. The van der Waals surface area contributed by atoms with Gasteiger partial charge in [0.1, 0.15) is 0 Å². The number of hydrogen-bond acceptors (Lipinski definition) is 6. The maximum Gasteiger partial charge on any atom is 1.00 e. The number of rotatable bonds is 0. The zero-order valence-electron chi connectivity index (χ0n) is 10.3. The van der Waals surface area contributed by atoms with E-state index < -0.39 is 31.3 Å². The van der Waals surface area contributed by atoms with Crippen molar-refractivity contribution in [1.82, 2.24) is 0 Å². The third-order valence-electron chi connectivity index (χ3n) is 1.02. The van der Waals surface area contributed by atoms with Gasteiger partial charge in [0.25, 0.3) is 0 Å². The quantitative estimate of drug-likeness (QED) is 0.228. The predicted octanol–water partition coefficient (Wildman–Crippen LogP) is 0.985. The minimum absolute atomic E-state index is 0. The fourth-order valence-electron chi connectivity index (χ4n) is 0.239. The van der Waals surface area contributed by atoms with Crippen molar-refractivity contribution in [2.24, 2.45) is 0 Å². The van der Waals surface area contributed by atoms with E-state index in [1.165, 1.54) is 0 Å². The molecule has 0 unspecified atom stereocenters. The van der Waals surface area contributed by atoms with E-state index in [2.05, 4.69) is 24.3 Å². The van der Waals surface area contributed by atoms with Gasteiger partial charge in [0.2, 0.25) is 0 Å². The second-order valence-corrected chi connectivity index (χ2v) is 5.41. The van der Waals surface area contributed by atoms with Gasteiger partial charge < -0.3 is 9.11 Å². The van der Waals surface area contributed by atoms with Crippen LogP contribution in [0.15, 0.2) is 12.1 Å². The topological polar surface area (TPSA) is 114 Å². The van der Waals surface area contributed by atoms with E-state index in [-0.39, 0.29) is 34.1 Å². The van der Waals surface area contributed by atoms with Crippen LogP contribution in [-0.4, -0.2) is 37.0 Å². The summed E-state index contributed by atoms with van der Waals surface area (Å²) < 4.78 is 118. The molecule has 0 spiro atoms. The first-order chi connectivity index (χ1) is 9.50. The van der Waals surface area contributed by atoms with Crippen molar-refractivity contribution < 1.29 is 86.4 Å². The molecular formula is C8H2Cu2F6O6S2. The molecule has 0 aliphatic carbocycles. The van der Waals surface area contributed by atoms with Crippen LogP contribution in [0.5, 0.6) is 0 Å². The van der Waals surface area contributed by atoms with Crippen molar-refractivity contribution >= 4 is 20.2 Å². The van der Waals surface area contributed by atoms with Crippen LogP contribution in [0.25, 0.3) is 0 Å². The summed E-state index contributed by atoms with van der Waals surface area (Å²) in [7, 11) is -12.2. The first-order valence-electron chi connectivity index (χ1n) is 4.20. The number of alkyl halides is 6. The molecular weight excluding hydrogens is 497 g/mol. The monoisotopic (exact) mass is 498 g/mol. The molecule has 0 bridgehead atoms. The van der Waals surface area contributed by atoms with Gasteiger partial charge >= 0.3 is 45.2 Å². The van der Waals surface area contributed by atoms with Crippen LogP contribution in [0.4, 0.5) is 26.3 Å². The van der Waals surface area contributed by atoms with Crippen molar-refractivity contribution in [2.45, 2.75) is 11.0 Å². The third kappa shape index (κ3) is 16.2. The fraction of sp³-hybridized carbons (Fsp3) is 0.250. The Labute approximate surface area is 154 Å². The van der Waals surface area contributed by atoms with Gasteiger partial charge in [-0.15, -0.1) is 0 Å². The largest absolute Gasteiger partial charge is 1.00 e. The maximum atomic E-state index is 10.7. The molecule has 0 aliphatic heterocycles. The van der Waals surface area contributed by atoms with Crippen molar-refractivity contribution in [3.63, 3.8) is 0 Å². The Morgan fingerprint density at radius 3 is 0.875 bits per heavy atom. The molecule has 0 radical (unpaired) electrons. The van der Waals surface area contributed by atoms with Crippen molar-refractivity contribution in [2.75, 3.05) is 0 Å². The average molecular weight is 499 g/mol. The van der Waals surface area contributed by atoms with E-state index in [1.807, 2.05) is 0 Å². The molecule has 0 saturated carbocycles. The minimum atomic E-state index is -6.09. The van der Waals surface area contributed by atoms with Gasteiger partial charge in [-0.05, 0) is 24.3 Å². The molecule has 0 aromatic heterocycles. The van der Waals surface area contributed by atoms with Gasteiger partial charge in [-0.3, -0.25) is 0 Å². The van der Waals surface area contributed by atoms with E-state index in [0.29, 0.717) is 0 Å². The molecule has 0 N–H and O–H groups in total. The summed E-state index contributed by atoms with van der Waals surface area (Å²) in [6, 6.07) is 14.0. The minimum Gasteiger partial charge on any atom is -0.741 e. The van der Waals surface area contributed by atoms with Crippen molar-refractivity contribution in [3.05, 3.63) is 36.4 Å².